The highest BCUT2D eigenvalue weighted by atomic mass is 28.4. The van der Waals surface area contributed by atoms with Gasteiger partial charge in [0.1, 0.15) is 31.3 Å². The molecule has 0 unspecified atom stereocenters. The first kappa shape index (κ1) is 42.2. The molecule has 0 aromatic rings. The number of ether oxygens (including phenoxy) is 4. The summed E-state index contributed by atoms with van der Waals surface area (Å²) in [6.07, 6.45) is 3.52. The van der Waals surface area contributed by atoms with Gasteiger partial charge in [0.05, 0.1) is 26.4 Å². The number of aliphatic hydroxyl groups is 2. The number of allylic oxidation sites excluding steroid dienone is 2. The van der Waals surface area contributed by atoms with Crippen molar-refractivity contribution in [1.82, 2.24) is 0 Å². The van der Waals surface area contributed by atoms with Crippen molar-refractivity contribution < 1.29 is 43.2 Å². The number of rotatable bonds is 16. The first-order valence-corrected chi connectivity index (χ1v) is 15.4. The third kappa shape index (κ3) is 40.3. The van der Waals surface area contributed by atoms with Crippen LogP contribution in [-0.2, 0) is 33.0 Å². The normalized spacial score (nSPS) is 9.26. The second-order valence-corrected chi connectivity index (χ2v) is 12.8. The van der Waals surface area contributed by atoms with E-state index in [1.807, 2.05) is 6.92 Å². The maximum absolute atomic E-state index is 10.9. The molecular formula is C28H50O9Si. The average Bonchev–Trinajstić information content (AvgIpc) is 2.86. The number of hydrogen-bond donors (Lipinski definition) is 2. The molecule has 0 aliphatic carbocycles. The minimum atomic E-state index is -1.47. The lowest BCUT2D eigenvalue weighted by Gasteiger charge is -2.16. The molecule has 0 saturated carbocycles. The van der Waals surface area contributed by atoms with Gasteiger partial charge in [-0.05, 0) is 51.6 Å². The molecule has 0 fully saturated rings. The van der Waals surface area contributed by atoms with Crippen molar-refractivity contribution in [2.24, 2.45) is 0 Å². The number of carbonyl (C=O) groups is 2. The minimum absolute atomic E-state index is 0.0201. The van der Waals surface area contributed by atoms with Crippen molar-refractivity contribution >= 4 is 20.3 Å². The van der Waals surface area contributed by atoms with Crippen LogP contribution >= 0.6 is 0 Å². The Hall–Kier alpha value is -2.92. The molecule has 0 rings (SSSR count). The Morgan fingerprint density at radius 3 is 1.63 bits per heavy atom. The third-order valence-corrected chi connectivity index (χ3v) is 4.34. The summed E-state index contributed by atoms with van der Waals surface area (Å²) in [7, 11) is -1.47. The van der Waals surface area contributed by atoms with E-state index in [0.717, 1.165) is 18.1 Å². The van der Waals surface area contributed by atoms with Gasteiger partial charge in [0.25, 0.3) is 0 Å². The second kappa shape index (κ2) is 28.6. The lowest BCUT2D eigenvalue weighted by atomic mass is 10.3. The van der Waals surface area contributed by atoms with E-state index in [1.165, 1.54) is 6.08 Å². The fourth-order valence-electron chi connectivity index (χ4n) is 1.39. The first-order chi connectivity index (χ1) is 17.6. The molecule has 0 aromatic heterocycles. The van der Waals surface area contributed by atoms with Crippen LogP contribution in [0.15, 0.2) is 74.3 Å². The molecule has 0 aromatic carbocycles. The Balaban J connectivity index is -0.000000208. The zero-order valence-corrected chi connectivity index (χ0v) is 25.3. The van der Waals surface area contributed by atoms with E-state index >= 15 is 0 Å². The van der Waals surface area contributed by atoms with Crippen molar-refractivity contribution in [3.8, 4) is 0 Å². The first-order valence-electron chi connectivity index (χ1n) is 12.0. The fraction of sp³-hybridized carbons (Fsp3) is 0.500. The van der Waals surface area contributed by atoms with Crippen LogP contribution in [0.25, 0.3) is 0 Å². The highest BCUT2D eigenvalue weighted by Crippen LogP contribution is 2.03. The molecular weight excluding hydrogens is 508 g/mol. The maximum Gasteiger partial charge on any atom is 0.333 e. The Morgan fingerprint density at radius 2 is 1.26 bits per heavy atom. The van der Waals surface area contributed by atoms with Gasteiger partial charge in [0.2, 0.25) is 0 Å². The van der Waals surface area contributed by atoms with Crippen LogP contribution in [0.1, 0.15) is 27.2 Å². The summed E-state index contributed by atoms with van der Waals surface area (Å²) in [6.45, 7) is 34.3. The highest BCUT2D eigenvalue weighted by molar-refractivity contribution is 6.69. The van der Waals surface area contributed by atoms with Crippen molar-refractivity contribution in [1.29, 1.82) is 0 Å². The van der Waals surface area contributed by atoms with E-state index in [4.69, 9.17) is 28.8 Å². The Bertz CT molecular complexity index is 698. The third-order valence-electron chi connectivity index (χ3n) is 3.27. The van der Waals surface area contributed by atoms with E-state index in [2.05, 4.69) is 63.9 Å². The van der Waals surface area contributed by atoms with Crippen LogP contribution in [0.2, 0.25) is 19.6 Å². The van der Waals surface area contributed by atoms with E-state index in [0.29, 0.717) is 50.1 Å². The molecule has 0 atom stereocenters. The van der Waals surface area contributed by atoms with Crippen LogP contribution in [0.4, 0.5) is 0 Å². The smallest absolute Gasteiger partial charge is 0.333 e. The van der Waals surface area contributed by atoms with Crippen LogP contribution in [-0.4, -0.2) is 76.7 Å². The molecule has 9 nitrogen and oxygen atoms in total. The lowest BCUT2D eigenvalue weighted by molar-refractivity contribution is -0.140. The summed E-state index contributed by atoms with van der Waals surface area (Å²) in [6, 6.07) is 0. The van der Waals surface area contributed by atoms with E-state index in [-0.39, 0.29) is 25.2 Å². The van der Waals surface area contributed by atoms with Crippen LogP contribution in [0.3, 0.4) is 0 Å². The fourth-order valence-corrected chi connectivity index (χ4v) is 2.09. The monoisotopic (exact) mass is 558 g/mol. The van der Waals surface area contributed by atoms with Crippen molar-refractivity contribution in [2.75, 3.05) is 46.2 Å². The highest BCUT2D eigenvalue weighted by Gasteiger charge is 2.13. The van der Waals surface area contributed by atoms with Gasteiger partial charge in [0.15, 0.2) is 8.32 Å². The van der Waals surface area contributed by atoms with Crippen LogP contribution < -0.4 is 0 Å². The molecule has 0 amide bonds. The van der Waals surface area contributed by atoms with Gasteiger partial charge in [-0.3, -0.25) is 0 Å². The van der Waals surface area contributed by atoms with Crippen molar-refractivity contribution in [3.05, 3.63) is 74.3 Å². The number of aliphatic hydroxyl groups excluding tert-OH is 2. The quantitative estimate of drug-likeness (QED) is 0.0683. The summed E-state index contributed by atoms with van der Waals surface area (Å²) >= 11 is 0. The molecule has 0 saturated heterocycles. The molecule has 0 bridgehead atoms. The topological polar surface area (TPSA) is 121 Å². The lowest BCUT2D eigenvalue weighted by Crippen LogP contribution is -2.27. The van der Waals surface area contributed by atoms with Gasteiger partial charge in [-0.2, -0.15) is 0 Å². The zero-order valence-electron chi connectivity index (χ0n) is 24.3. The van der Waals surface area contributed by atoms with Gasteiger partial charge < -0.3 is 33.6 Å². The van der Waals surface area contributed by atoms with Crippen LogP contribution in [0.5, 0.6) is 0 Å². The van der Waals surface area contributed by atoms with Gasteiger partial charge in [-0.25, -0.2) is 9.59 Å². The summed E-state index contributed by atoms with van der Waals surface area (Å²) in [5.41, 5.74) is 1.22. The number of carbonyl (C=O) groups excluding carboxylic acids is 2. The molecule has 0 aliphatic rings. The molecule has 10 heteroatoms. The predicted molar refractivity (Wildman–Crippen MR) is 156 cm³/mol. The molecule has 0 heterocycles. The summed E-state index contributed by atoms with van der Waals surface area (Å²) < 4.78 is 24.6. The average molecular weight is 559 g/mol. The summed E-state index contributed by atoms with van der Waals surface area (Å²) in [5, 5.41) is 16.5. The van der Waals surface area contributed by atoms with Gasteiger partial charge in [-0.15, -0.1) is 0 Å². The van der Waals surface area contributed by atoms with Gasteiger partial charge in [-0.1, -0.05) is 46.4 Å². The second-order valence-electron chi connectivity index (χ2n) is 8.27. The Morgan fingerprint density at radius 1 is 0.737 bits per heavy atom. The number of hydrogen-bond acceptors (Lipinski definition) is 9. The van der Waals surface area contributed by atoms with Crippen molar-refractivity contribution in [2.45, 2.75) is 46.8 Å². The van der Waals surface area contributed by atoms with Gasteiger partial charge in [0, 0.05) is 11.6 Å². The summed E-state index contributed by atoms with van der Waals surface area (Å²) in [5.74, 6) is 0.356. The SMILES string of the molecule is C=C(C)C(=C)OCCO.C=C(C)C(=O)OCCO[Si](C)(C)C.C=CC(=C)OCCO.C=CC(=O)OCCC. The van der Waals surface area contributed by atoms with E-state index in [1.54, 1.807) is 13.8 Å². The zero-order chi connectivity index (χ0) is 30.6. The standard InChI is InChI=1S/C9H18O3Si.C7H12O2.2C6H10O2/c1-8(2)9(10)11-6-7-12-13(3,4)5;1-6(2)7(3)9-5-4-8;1-3-6(2)8-5-4-7;1-3-5-8-6(7)4-2/h1,6-7H2,2-5H3;8H,1,3-5H2,2H3;3,7H,1-2,4-5H2;4H,2-3,5H2,1H3. The predicted octanol–water partition coefficient (Wildman–Crippen LogP) is 4.86. The molecule has 220 valence electrons. The largest absolute Gasteiger partial charge is 0.492 e. The Labute approximate surface area is 230 Å². The molecule has 0 spiro atoms. The van der Waals surface area contributed by atoms with E-state index in [9.17, 15) is 9.59 Å². The van der Waals surface area contributed by atoms with Gasteiger partial charge >= 0.3 is 11.9 Å². The molecule has 2 N–H and O–H groups in total. The maximum atomic E-state index is 10.9. The number of esters is 2. The van der Waals surface area contributed by atoms with Crippen LogP contribution in [0, 0.1) is 0 Å². The minimum Gasteiger partial charge on any atom is -0.492 e. The Kier molecular flexibility index (Phi) is 31.8. The van der Waals surface area contributed by atoms with E-state index < -0.39 is 8.32 Å². The molecule has 38 heavy (non-hydrogen) atoms. The molecule has 0 radical (unpaired) electrons. The summed E-state index contributed by atoms with van der Waals surface area (Å²) in [4.78, 5) is 21.1. The molecule has 0 aliphatic heterocycles. The van der Waals surface area contributed by atoms with Crippen molar-refractivity contribution in [3.63, 3.8) is 0 Å².